The molecule has 0 saturated carbocycles. The van der Waals surface area contributed by atoms with Crippen molar-refractivity contribution in [1.29, 1.82) is 0 Å². The van der Waals surface area contributed by atoms with Gasteiger partial charge in [-0.1, -0.05) is 11.6 Å². The number of halogens is 1. The van der Waals surface area contributed by atoms with Crippen molar-refractivity contribution in [2.45, 2.75) is 19.9 Å². The lowest BCUT2D eigenvalue weighted by molar-refractivity contribution is 0.152. The summed E-state index contributed by atoms with van der Waals surface area (Å²) in [5.74, 6) is 1.45. The van der Waals surface area contributed by atoms with E-state index < -0.39 is 0 Å². The van der Waals surface area contributed by atoms with Crippen LogP contribution >= 0.6 is 11.6 Å². The first-order valence-corrected chi connectivity index (χ1v) is 6.26. The van der Waals surface area contributed by atoms with Gasteiger partial charge in [-0.15, -0.1) is 0 Å². The molecule has 0 amide bonds. The van der Waals surface area contributed by atoms with E-state index in [0.29, 0.717) is 11.1 Å². The number of rotatable bonds is 4. The van der Waals surface area contributed by atoms with Crippen LogP contribution in [0.1, 0.15) is 17.9 Å². The van der Waals surface area contributed by atoms with E-state index in [4.69, 9.17) is 16.3 Å². The fourth-order valence-corrected chi connectivity index (χ4v) is 2.54. The summed E-state index contributed by atoms with van der Waals surface area (Å²) in [6.07, 6.45) is 1.19. The molecule has 1 atom stereocenters. The van der Waals surface area contributed by atoms with Gasteiger partial charge in [-0.25, -0.2) is 9.97 Å². The second-order valence-electron chi connectivity index (χ2n) is 4.59. The molecule has 5 heteroatoms. The van der Waals surface area contributed by atoms with Crippen LogP contribution in [-0.4, -0.2) is 41.7 Å². The lowest BCUT2D eigenvalue weighted by Crippen LogP contribution is -2.22. The Morgan fingerprint density at radius 3 is 3.06 bits per heavy atom. The summed E-state index contributed by atoms with van der Waals surface area (Å²) < 4.78 is 5.18. The van der Waals surface area contributed by atoms with Gasteiger partial charge in [-0.2, -0.15) is 0 Å². The topological polar surface area (TPSA) is 38.2 Å². The predicted octanol–water partition coefficient (Wildman–Crippen LogP) is 1.91. The summed E-state index contributed by atoms with van der Waals surface area (Å²) >= 11 is 5.92. The standard InChI is InChI=1S/C12H18ClN3O/c1-9-5-11(13)15-12(14-9)7-16-4-3-10(6-16)8-17-2/h5,10H,3-4,6-8H2,1-2H3. The normalized spacial score (nSPS) is 21.0. The van der Waals surface area contributed by atoms with Crippen molar-refractivity contribution >= 4 is 11.6 Å². The minimum Gasteiger partial charge on any atom is -0.384 e. The Morgan fingerprint density at radius 2 is 2.35 bits per heavy atom. The van der Waals surface area contributed by atoms with Crippen LogP contribution in [0.4, 0.5) is 0 Å². The highest BCUT2D eigenvalue weighted by molar-refractivity contribution is 6.29. The number of methoxy groups -OCH3 is 1. The van der Waals surface area contributed by atoms with Crippen LogP contribution in [0, 0.1) is 12.8 Å². The van der Waals surface area contributed by atoms with E-state index in [9.17, 15) is 0 Å². The first kappa shape index (κ1) is 12.7. The van der Waals surface area contributed by atoms with Gasteiger partial charge in [0.1, 0.15) is 11.0 Å². The highest BCUT2D eigenvalue weighted by atomic mass is 35.5. The Morgan fingerprint density at radius 1 is 1.53 bits per heavy atom. The monoisotopic (exact) mass is 255 g/mol. The third kappa shape index (κ3) is 3.63. The maximum absolute atomic E-state index is 5.92. The Kier molecular flexibility index (Phi) is 4.31. The lowest BCUT2D eigenvalue weighted by atomic mass is 10.1. The molecule has 0 N–H and O–H groups in total. The Balaban J connectivity index is 1.93. The van der Waals surface area contributed by atoms with Crippen LogP contribution in [0.5, 0.6) is 0 Å². The summed E-state index contributed by atoms with van der Waals surface area (Å²) in [5, 5.41) is 0.528. The zero-order chi connectivity index (χ0) is 12.3. The van der Waals surface area contributed by atoms with Gasteiger partial charge in [0, 0.05) is 19.3 Å². The zero-order valence-corrected chi connectivity index (χ0v) is 11.1. The molecule has 2 rings (SSSR count). The molecule has 94 valence electrons. The third-order valence-electron chi connectivity index (χ3n) is 3.01. The Hall–Kier alpha value is -0.710. The van der Waals surface area contributed by atoms with Crippen LogP contribution in [0.15, 0.2) is 6.07 Å². The number of likely N-dealkylation sites (tertiary alicyclic amines) is 1. The molecular weight excluding hydrogens is 238 g/mol. The minimum atomic E-state index is 0.528. The number of ether oxygens (including phenoxy) is 1. The van der Waals surface area contributed by atoms with E-state index in [1.807, 2.05) is 6.92 Å². The van der Waals surface area contributed by atoms with E-state index in [-0.39, 0.29) is 0 Å². The molecule has 1 fully saturated rings. The fraction of sp³-hybridized carbons (Fsp3) is 0.667. The van der Waals surface area contributed by atoms with Crippen molar-refractivity contribution in [3.8, 4) is 0 Å². The van der Waals surface area contributed by atoms with Crippen LogP contribution in [0.25, 0.3) is 0 Å². The van der Waals surface area contributed by atoms with Gasteiger partial charge in [0.05, 0.1) is 13.2 Å². The Bertz CT molecular complexity index is 366. The van der Waals surface area contributed by atoms with Crippen molar-refractivity contribution in [1.82, 2.24) is 14.9 Å². The predicted molar refractivity (Wildman–Crippen MR) is 67.0 cm³/mol. The third-order valence-corrected chi connectivity index (χ3v) is 3.20. The molecule has 1 saturated heterocycles. The van der Waals surface area contributed by atoms with E-state index >= 15 is 0 Å². The van der Waals surface area contributed by atoms with Crippen LogP contribution in [-0.2, 0) is 11.3 Å². The molecule has 1 aromatic heterocycles. The second kappa shape index (κ2) is 5.76. The summed E-state index contributed by atoms with van der Waals surface area (Å²) in [5.41, 5.74) is 0.924. The van der Waals surface area contributed by atoms with E-state index in [0.717, 1.165) is 37.8 Å². The smallest absolute Gasteiger partial charge is 0.144 e. The first-order chi connectivity index (χ1) is 8.17. The minimum absolute atomic E-state index is 0.528. The van der Waals surface area contributed by atoms with Crippen molar-refractivity contribution in [3.63, 3.8) is 0 Å². The molecule has 4 nitrogen and oxygen atoms in total. The number of hydrogen-bond donors (Lipinski definition) is 0. The van der Waals surface area contributed by atoms with Gasteiger partial charge in [-0.3, -0.25) is 4.90 Å². The Labute approximate surface area is 107 Å². The van der Waals surface area contributed by atoms with E-state index in [1.54, 1.807) is 13.2 Å². The molecule has 0 radical (unpaired) electrons. The lowest BCUT2D eigenvalue weighted by Gasteiger charge is -2.15. The average molecular weight is 256 g/mol. The van der Waals surface area contributed by atoms with Crippen molar-refractivity contribution in [2.75, 3.05) is 26.8 Å². The number of aryl methyl sites for hydroxylation is 1. The number of hydrogen-bond acceptors (Lipinski definition) is 4. The molecule has 17 heavy (non-hydrogen) atoms. The highest BCUT2D eigenvalue weighted by Gasteiger charge is 2.22. The van der Waals surface area contributed by atoms with Gasteiger partial charge in [0.15, 0.2) is 0 Å². The summed E-state index contributed by atoms with van der Waals surface area (Å²) in [6, 6.07) is 1.78. The molecule has 1 aliphatic heterocycles. The van der Waals surface area contributed by atoms with Gasteiger partial charge >= 0.3 is 0 Å². The van der Waals surface area contributed by atoms with Crippen molar-refractivity contribution in [2.24, 2.45) is 5.92 Å². The molecular formula is C12H18ClN3O. The molecule has 1 unspecified atom stereocenters. The van der Waals surface area contributed by atoms with Crippen LogP contribution < -0.4 is 0 Å². The molecule has 0 spiro atoms. The highest BCUT2D eigenvalue weighted by Crippen LogP contribution is 2.18. The summed E-state index contributed by atoms with van der Waals surface area (Å²) in [7, 11) is 1.76. The largest absolute Gasteiger partial charge is 0.384 e. The van der Waals surface area contributed by atoms with Crippen molar-refractivity contribution in [3.05, 3.63) is 22.7 Å². The fourth-order valence-electron chi connectivity index (χ4n) is 2.29. The van der Waals surface area contributed by atoms with Gasteiger partial charge in [0.25, 0.3) is 0 Å². The molecule has 0 aliphatic carbocycles. The summed E-state index contributed by atoms with van der Waals surface area (Å²) in [6.45, 7) is 5.70. The van der Waals surface area contributed by atoms with E-state index in [1.165, 1.54) is 6.42 Å². The van der Waals surface area contributed by atoms with Crippen LogP contribution in [0.3, 0.4) is 0 Å². The van der Waals surface area contributed by atoms with Gasteiger partial charge in [0.2, 0.25) is 0 Å². The molecule has 1 aromatic rings. The van der Waals surface area contributed by atoms with Crippen LogP contribution in [0.2, 0.25) is 5.15 Å². The maximum atomic E-state index is 5.92. The quantitative estimate of drug-likeness (QED) is 0.771. The molecule has 0 aromatic carbocycles. The summed E-state index contributed by atoms with van der Waals surface area (Å²) in [4.78, 5) is 11.0. The second-order valence-corrected chi connectivity index (χ2v) is 4.98. The van der Waals surface area contributed by atoms with E-state index in [2.05, 4.69) is 14.9 Å². The zero-order valence-electron chi connectivity index (χ0n) is 10.3. The average Bonchev–Trinajstić information content (AvgIpc) is 2.64. The SMILES string of the molecule is COCC1CCN(Cc2nc(C)cc(Cl)n2)C1. The number of nitrogens with zero attached hydrogens (tertiary/aromatic N) is 3. The van der Waals surface area contributed by atoms with Gasteiger partial charge < -0.3 is 4.74 Å². The molecule has 1 aliphatic rings. The van der Waals surface area contributed by atoms with Gasteiger partial charge in [-0.05, 0) is 31.9 Å². The number of aromatic nitrogens is 2. The maximum Gasteiger partial charge on any atom is 0.144 e. The molecule has 0 bridgehead atoms. The molecule has 2 heterocycles. The first-order valence-electron chi connectivity index (χ1n) is 5.88. The van der Waals surface area contributed by atoms with Crippen molar-refractivity contribution < 1.29 is 4.74 Å².